The van der Waals surface area contributed by atoms with Gasteiger partial charge in [-0.2, -0.15) is 0 Å². The number of urea groups is 1. The Hall–Kier alpha value is -3.64. The number of hydrogen-bond acceptors (Lipinski definition) is 4. The minimum atomic E-state index is -1.22. The molecule has 3 amide bonds. The summed E-state index contributed by atoms with van der Waals surface area (Å²) in [6.07, 6.45) is -0.701. The topological polar surface area (TPSA) is 78.9 Å². The van der Waals surface area contributed by atoms with Gasteiger partial charge in [-0.3, -0.25) is 9.69 Å². The number of para-hydroxylation sites is 1. The number of carbonyl (C=O) groups excluding carboxylic acids is 2. The molecule has 1 fully saturated rings. The Morgan fingerprint density at radius 2 is 1.45 bits per heavy atom. The number of amides is 3. The first-order valence-corrected chi connectivity index (χ1v) is 10.2. The monoisotopic (exact) mass is 416 g/mol. The van der Waals surface area contributed by atoms with Gasteiger partial charge in [0.2, 0.25) is 0 Å². The summed E-state index contributed by atoms with van der Waals surface area (Å²) in [4.78, 5) is 27.4. The molecule has 6 nitrogen and oxygen atoms in total. The second kappa shape index (κ2) is 9.02. The van der Waals surface area contributed by atoms with Crippen molar-refractivity contribution in [2.75, 3.05) is 13.2 Å². The van der Waals surface area contributed by atoms with E-state index in [4.69, 9.17) is 4.74 Å². The zero-order valence-corrected chi connectivity index (χ0v) is 17.0. The lowest BCUT2D eigenvalue weighted by Gasteiger charge is -2.28. The van der Waals surface area contributed by atoms with Gasteiger partial charge in [0.1, 0.15) is 18.5 Å². The Morgan fingerprint density at radius 1 is 0.871 bits per heavy atom. The fourth-order valence-electron chi connectivity index (χ4n) is 3.81. The molecule has 158 valence electrons. The Labute approximate surface area is 181 Å². The third-order valence-electron chi connectivity index (χ3n) is 5.33. The predicted octanol–water partition coefficient (Wildman–Crippen LogP) is 3.12. The minimum Gasteiger partial charge on any atom is -0.491 e. The lowest BCUT2D eigenvalue weighted by molar-refractivity contribution is -0.132. The van der Waals surface area contributed by atoms with Gasteiger partial charge in [0.05, 0.1) is 6.54 Å². The van der Waals surface area contributed by atoms with Gasteiger partial charge >= 0.3 is 6.03 Å². The number of β-amino-alcohol motifs (C(OH)–C–C–N with tert-alkyl or cyclic N) is 1. The van der Waals surface area contributed by atoms with Gasteiger partial charge < -0.3 is 15.2 Å². The molecule has 1 aliphatic rings. The van der Waals surface area contributed by atoms with E-state index in [9.17, 15) is 14.7 Å². The number of aliphatic hydroxyl groups excluding tert-OH is 1. The van der Waals surface area contributed by atoms with Crippen LogP contribution in [0.25, 0.3) is 0 Å². The first-order chi connectivity index (χ1) is 15.1. The van der Waals surface area contributed by atoms with Gasteiger partial charge in [0.25, 0.3) is 5.91 Å². The SMILES string of the molecule is O=C1N[C@](Cc2ccccc2)(c2ccccc2)C(=O)N1C[C@H](O)COc1ccccc1. The maximum Gasteiger partial charge on any atom is 0.325 e. The Bertz CT molecular complexity index is 1030. The van der Waals surface area contributed by atoms with Crippen molar-refractivity contribution in [2.24, 2.45) is 0 Å². The summed E-state index contributed by atoms with van der Waals surface area (Å²) in [6.45, 7) is -0.182. The average molecular weight is 416 g/mol. The number of benzene rings is 3. The van der Waals surface area contributed by atoms with E-state index in [1.807, 2.05) is 78.9 Å². The summed E-state index contributed by atoms with van der Waals surface area (Å²) in [5.41, 5.74) is 0.407. The van der Waals surface area contributed by atoms with E-state index in [1.54, 1.807) is 12.1 Å². The highest BCUT2D eigenvalue weighted by atomic mass is 16.5. The van der Waals surface area contributed by atoms with Gasteiger partial charge in [-0.25, -0.2) is 4.79 Å². The smallest absolute Gasteiger partial charge is 0.325 e. The molecule has 3 aromatic rings. The summed E-state index contributed by atoms with van der Waals surface area (Å²) in [7, 11) is 0. The van der Waals surface area contributed by atoms with Crippen molar-refractivity contribution >= 4 is 11.9 Å². The van der Waals surface area contributed by atoms with Crippen LogP contribution in [0.15, 0.2) is 91.0 Å². The number of aliphatic hydroxyl groups is 1. The molecule has 1 heterocycles. The average Bonchev–Trinajstić information content (AvgIpc) is 3.04. The molecule has 0 aliphatic carbocycles. The van der Waals surface area contributed by atoms with Gasteiger partial charge in [-0.1, -0.05) is 78.9 Å². The zero-order valence-electron chi connectivity index (χ0n) is 17.0. The van der Waals surface area contributed by atoms with E-state index in [0.717, 1.165) is 10.5 Å². The lowest BCUT2D eigenvalue weighted by atomic mass is 9.83. The van der Waals surface area contributed by atoms with Crippen molar-refractivity contribution < 1.29 is 19.4 Å². The van der Waals surface area contributed by atoms with E-state index >= 15 is 0 Å². The van der Waals surface area contributed by atoms with Gasteiger partial charge in [-0.05, 0) is 23.3 Å². The highest BCUT2D eigenvalue weighted by Crippen LogP contribution is 2.33. The Morgan fingerprint density at radius 3 is 2.10 bits per heavy atom. The minimum absolute atomic E-state index is 0.0297. The molecule has 6 heteroatoms. The predicted molar refractivity (Wildman–Crippen MR) is 116 cm³/mol. The van der Waals surface area contributed by atoms with E-state index in [2.05, 4.69) is 5.32 Å². The van der Waals surface area contributed by atoms with Crippen molar-refractivity contribution in [1.29, 1.82) is 0 Å². The second-order valence-electron chi connectivity index (χ2n) is 7.56. The van der Waals surface area contributed by atoms with Crippen LogP contribution < -0.4 is 10.1 Å². The molecule has 0 aromatic heterocycles. The molecule has 31 heavy (non-hydrogen) atoms. The van der Waals surface area contributed by atoms with Crippen molar-refractivity contribution in [2.45, 2.75) is 18.1 Å². The molecule has 2 N–H and O–H groups in total. The molecule has 0 radical (unpaired) electrons. The summed E-state index contributed by atoms with van der Waals surface area (Å²) in [5.74, 6) is 0.229. The van der Waals surface area contributed by atoms with Crippen LogP contribution in [-0.4, -0.2) is 41.2 Å². The molecule has 1 aliphatic heterocycles. The number of nitrogens with one attached hydrogen (secondary N) is 1. The summed E-state index contributed by atoms with van der Waals surface area (Å²) < 4.78 is 5.56. The van der Waals surface area contributed by atoms with Crippen LogP contribution in [0, 0.1) is 0 Å². The van der Waals surface area contributed by atoms with E-state index < -0.39 is 17.7 Å². The molecular formula is C25H24N2O4. The Kier molecular flexibility index (Phi) is 6.00. The summed E-state index contributed by atoms with van der Waals surface area (Å²) in [6, 6.07) is 27.3. The highest BCUT2D eigenvalue weighted by molar-refractivity contribution is 6.07. The molecule has 2 atom stereocenters. The lowest BCUT2D eigenvalue weighted by Crippen LogP contribution is -2.46. The molecule has 0 bridgehead atoms. The Balaban J connectivity index is 1.54. The normalized spacial score (nSPS) is 19.2. The van der Waals surface area contributed by atoms with Crippen LogP contribution in [-0.2, 0) is 16.8 Å². The summed E-state index contributed by atoms with van der Waals surface area (Å²) in [5, 5.41) is 13.3. The van der Waals surface area contributed by atoms with Crippen LogP contribution in [0.4, 0.5) is 4.79 Å². The van der Waals surface area contributed by atoms with E-state index in [1.165, 1.54) is 0 Å². The quantitative estimate of drug-likeness (QED) is 0.553. The molecule has 1 saturated heterocycles. The van der Waals surface area contributed by atoms with Crippen LogP contribution in [0.1, 0.15) is 11.1 Å². The molecule has 0 saturated carbocycles. The van der Waals surface area contributed by atoms with Crippen LogP contribution in [0.3, 0.4) is 0 Å². The van der Waals surface area contributed by atoms with Crippen molar-refractivity contribution in [3.8, 4) is 5.75 Å². The number of carbonyl (C=O) groups is 2. The molecular weight excluding hydrogens is 392 g/mol. The largest absolute Gasteiger partial charge is 0.491 e. The second-order valence-corrected chi connectivity index (χ2v) is 7.56. The number of hydrogen-bond donors (Lipinski definition) is 2. The number of ether oxygens (including phenoxy) is 1. The van der Waals surface area contributed by atoms with E-state index in [-0.39, 0.29) is 19.1 Å². The molecule has 0 spiro atoms. The highest BCUT2D eigenvalue weighted by Gasteiger charge is 2.52. The van der Waals surface area contributed by atoms with Gasteiger partial charge in [-0.15, -0.1) is 0 Å². The van der Waals surface area contributed by atoms with E-state index in [0.29, 0.717) is 17.7 Å². The van der Waals surface area contributed by atoms with Crippen molar-refractivity contribution in [1.82, 2.24) is 10.2 Å². The van der Waals surface area contributed by atoms with Gasteiger partial charge in [0, 0.05) is 6.42 Å². The number of imide groups is 1. The fourth-order valence-corrected chi connectivity index (χ4v) is 3.81. The molecule has 4 rings (SSSR count). The summed E-state index contributed by atoms with van der Waals surface area (Å²) >= 11 is 0. The number of nitrogens with zero attached hydrogens (tertiary/aromatic N) is 1. The van der Waals surface area contributed by atoms with Crippen LogP contribution in [0.2, 0.25) is 0 Å². The number of rotatable bonds is 8. The van der Waals surface area contributed by atoms with Crippen LogP contribution >= 0.6 is 0 Å². The fraction of sp³-hybridized carbons (Fsp3) is 0.200. The maximum atomic E-state index is 13.5. The maximum absolute atomic E-state index is 13.5. The third-order valence-corrected chi connectivity index (χ3v) is 5.33. The first kappa shape index (κ1) is 20.6. The molecule has 3 aromatic carbocycles. The van der Waals surface area contributed by atoms with Crippen LogP contribution in [0.5, 0.6) is 5.75 Å². The third kappa shape index (κ3) is 4.44. The van der Waals surface area contributed by atoms with Crippen molar-refractivity contribution in [3.05, 3.63) is 102 Å². The van der Waals surface area contributed by atoms with Crippen molar-refractivity contribution in [3.63, 3.8) is 0 Å². The molecule has 0 unspecified atom stereocenters. The zero-order chi connectivity index (χ0) is 21.7. The van der Waals surface area contributed by atoms with Gasteiger partial charge in [0.15, 0.2) is 5.54 Å². The first-order valence-electron chi connectivity index (χ1n) is 10.2. The standard InChI is InChI=1S/C25H24N2O4/c28-21(18-31-22-14-8-3-9-15-22)17-27-23(29)25(26-24(27)30,20-12-6-2-7-13-20)16-19-10-4-1-5-11-19/h1-15,21,28H,16-18H2,(H,26,30)/t21-,25+/m0/s1.